The molecule has 0 fully saturated rings. The summed E-state index contributed by atoms with van der Waals surface area (Å²) in [5.41, 5.74) is 1.85. The summed E-state index contributed by atoms with van der Waals surface area (Å²) in [5.74, 6) is 0.612. The molecule has 1 unspecified atom stereocenters. The van der Waals surface area contributed by atoms with Gasteiger partial charge in [-0.1, -0.05) is 28.8 Å². The second-order valence-electron chi connectivity index (χ2n) is 3.89. The van der Waals surface area contributed by atoms with E-state index >= 15 is 0 Å². The molecule has 17 heavy (non-hydrogen) atoms. The van der Waals surface area contributed by atoms with Crippen molar-refractivity contribution in [3.63, 3.8) is 0 Å². The van der Waals surface area contributed by atoms with Gasteiger partial charge in [-0.15, -0.1) is 0 Å². The summed E-state index contributed by atoms with van der Waals surface area (Å²) in [5, 5.41) is -0.337. The Morgan fingerprint density at radius 3 is 2.53 bits per heavy atom. The number of halogens is 2. The predicted octanol–water partition coefficient (Wildman–Crippen LogP) is 3.36. The van der Waals surface area contributed by atoms with Crippen molar-refractivity contribution in [3.8, 4) is 0 Å². The van der Waals surface area contributed by atoms with E-state index in [4.69, 9.17) is 27.9 Å². The largest absolute Gasteiger partial charge is 0.359 e. The maximum atomic E-state index is 6.24. The van der Waals surface area contributed by atoms with Crippen molar-refractivity contribution >= 4 is 28.8 Å². The lowest BCUT2D eigenvalue weighted by atomic mass is 9.95. The third-order valence-corrected chi connectivity index (χ3v) is 3.34. The number of allylic oxidation sites excluding steroid dienone is 2. The summed E-state index contributed by atoms with van der Waals surface area (Å²) in [7, 11) is 1.56. The van der Waals surface area contributed by atoms with Crippen LogP contribution in [0, 0.1) is 0 Å². The van der Waals surface area contributed by atoms with Crippen LogP contribution in [0.3, 0.4) is 0 Å². The van der Waals surface area contributed by atoms with Gasteiger partial charge in [0.1, 0.15) is 0 Å². The number of alkyl halides is 1. The first-order valence-corrected chi connectivity index (χ1v) is 5.91. The molecular weight excluding hydrogens is 259 g/mol. The molecule has 0 spiro atoms. The minimum atomic E-state index is -0.862. The molecule has 1 atom stereocenters. The average Bonchev–Trinajstić information content (AvgIpc) is 2.29. The summed E-state index contributed by atoms with van der Waals surface area (Å²) in [6, 6.07) is 1.76. The zero-order chi connectivity index (χ0) is 12.5. The number of aromatic nitrogens is 2. The maximum Gasteiger partial charge on any atom is 0.165 e. The number of rotatable bonds is 2. The van der Waals surface area contributed by atoms with E-state index in [-0.39, 0.29) is 0 Å². The van der Waals surface area contributed by atoms with Gasteiger partial charge >= 0.3 is 0 Å². The van der Waals surface area contributed by atoms with Gasteiger partial charge in [-0.05, 0) is 19.1 Å². The van der Waals surface area contributed by atoms with Crippen LogP contribution in [0.5, 0.6) is 0 Å². The van der Waals surface area contributed by atoms with Gasteiger partial charge in [-0.2, -0.15) is 0 Å². The summed E-state index contributed by atoms with van der Waals surface area (Å²) in [6.07, 6.45) is 5.63. The van der Waals surface area contributed by atoms with Crippen LogP contribution in [-0.4, -0.2) is 22.1 Å². The lowest BCUT2D eigenvalue weighted by Crippen LogP contribution is -2.25. The molecule has 5 heteroatoms. The molecule has 90 valence electrons. The lowest BCUT2D eigenvalue weighted by Gasteiger charge is -2.28. The topological polar surface area (TPSA) is 35.0 Å². The van der Waals surface area contributed by atoms with E-state index in [0.717, 1.165) is 11.1 Å². The second-order valence-corrected chi connectivity index (χ2v) is 4.93. The molecule has 0 saturated heterocycles. The molecule has 0 amide bonds. The fourth-order valence-corrected chi connectivity index (χ4v) is 2.61. The Morgan fingerprint density at radius 1 is 1.35 bits per heavy atom. The molecule has 1 aliphatic rings. The lowest BCUT2D eigenvalue weighted by molar-refractivity contribution is 0.104. The monoisotopic (exact) mass is 270 g/mol. The van der Waals surface area contributed by atoms with Gasteiger partial charge in [0.05, 0.1) is 5.03 Å². The maximum absolute atomic E-state index is 6.24. The Hall–Kier alpha value is -0.900. The summed E-state index contributed by atoms with van der Waals surface area (Å²) in [6.45, 7) is 1.96. The predicted molar refractivity (Wildman–Crippen MR) is 68.8 cm³/mol. The number of hydrogen-bond acceptors (Lipinski definition) is 3. The Morgan fingerprint density at radius 2 is 2.00 bits per heavy atom. The molecule has 1 aromatic heterocycles. The van der Waals surface area contributed by atoms with Crippen LogP contribution in [0.15, 0.2) is 35.1 Å². The van der Waals surface area contributed by atoms with E-state index in [9.17, 15) is 0 Å². The normalized spacial score (nSPS) is 24.8. The smallest absolute Gasteiger partial charge is 0.165 e. The molecule has 0 saturated carbocycles. The molecule has 0 radical (unpaired) electrons. The van der Waals surface area contributed by atoms with Crippen molar-refractivity contribution in [2.24, 2.45) is 0 Å². The van der Waals surface area contributed by atoms with Gasteiger partial charge in [0.25, 0.3) is 0 Å². The molecule has 1 aliphatic carbocycles. The highest BCUT2D eigenvalue weighted by Gasteiger charge is 2.32. The average molecular weight is 271 g/mol. The molecular formula is C12H12Cl2N2O. The first-order chi connectivity index (χ1) is 8.06. The van der Waals surface area contributed by atoms with Crippen molar-refractivity contribution in [3.05, 3.63) is 41.0 Å². The molecule has 1 heterocycles. The van der Waals surface area contributed by atoms with Crippen LogP contribution in [0.1, 0.15) is 19.2 Å². The highest BCUT2D eigenvalue weighted by molar-refractivity contribution is 6.38. The van der Waals surface area contributed by atoms with Crippen LogP contribution >= 0.6 is 23.2 Å². The zero-order valence-electron chi connectivity index (χ0n) is 9.58. The summed E-state index contributed by atoms with van der Waals surface area (Å²) in [4.78, 5) is 8.40. The van der Waals surface area contributed by atoms with Crippen LogP contribution in [0.4, 0.5) is 0 Å². The first-order valence-electron chi connectivity index (χ1n) is 5.16. The Balaban J connectivity index is 2.44. The molecule has 3 nitrogen and oxygen atoms in total. The fourth-order valence-electron chi connectivity index (χ4n) is 1.82. The van der Waals surface area contributed by atoms with Crippen LogP contribution in [-0.2, 0) is 4.74 Å². The molecule has 2 rings (SSSR count). The number of nitrogens with zero attached hydrogens (tertiary/aromatic N) is 2. The van der Waals surface area contributed by atoms with E-state index in [1.54, 1.807) is 31.6 Å². The van der Waals surface area contributed by atoms with E-state index in [2.05, 4.69) is 9.97 Å². The van der Waals surface area contributed by atoms with Gasteiger partial charge in [-0.3, -0.25) is 0 Å². The Bertz CT molecular complexity index is 485. The minimum absolute atomic E-state index is 0.525. The minimum Gasteiger partial charge on any atom is -0.359 e. The molecule has 0 bridgehead atoms. The summed E-state index contributed by atoms with van der Waals surface area (Å²) < 4.78 is 5.23. The number of ether oxygens (including phenoxy) is 1. The standard InChI is InChI=1S/C12H12Cl2N2O/c1-8-6-12(14,17-2)7-9(13)10(8)11-15-4-3-5-16-11/h3-5,7H,6H2,1-2H3. The third kappa shape index (κ3) is 2.51. The van der Waals surface area contributed by atoms with Crippen LogP contribution < -0.4 is 0 Å². The zero-order valence-corrected chi connectivity index (χ0v) is 11.1. The van der Waals surface area contributed by atoms with Crippen molar-refractivity contribution in [1.82, 2.24) is 9.97 Å². The van der Waals surface area contributed by atoms with E-state index < -0.39 is 5.06 Å². The van der Waals surface area contributed by atoms with Gasteiger partial charge in [0.15, 0.2) is 10.9 Å². The van der Waals surface area contributed by atoms with Crippen LogP contribution in [0.25, 0.3) is 5.57 Å². The van der Waals surface area contributed by atoms with E-state index in [1.807, 2.05) is 6.92 Å². The van der Waals surface area contributed by atoms with Gasteiger partial charge in [0, 0.05) is 31.5 Å². The van der Waals surface area contributed by atoms with Gasteiger partial charge in [-0.25, -0.2) is 9.97 Å². The van der Waals surface area contributed by atoms with Crippen molar-refractivity contribution in [2.45, 2.75) is 18.4 Å². The van der Waals surface area contributed by atoms with E-state index in [1.165, 1.54) is 0 Å². The van der Waals surface area contributed by atoms with E-state index in [0.29, 0.717) is 17.3 Å². The molecule has 0 aromatic carbocycles. The van der Waals surface area contributed by atoms with Crippen molar-refractivity contribution in [2.75, 3.05) is 7.11 Å². The van der Waals surface area contributed by atoms with Gasteiger partial charge < -0.3 is 4.74 Å². The Labute approximate surface area is 110 Å². The molecule has 1 aromatic rings. The second kappa shape index (κ2) is 4.77. The number of methoxy groups -OCH3 is 1. The summed E-state index contributed by atoms with van der Waals surface area (Å²) >= 11 is 12.5. The SMILES string of the molecule is COC1(Cl)C=C(Cl)C(c2ncccn2)=C(C)C1. The highest BCUT2D eigenvalue weighted by atomic mass is 35.5. The first kappa shape index (κ1) is 12.6. The fraction of sp³-hybridized carbons (Fsp3) is 0.333. The highest BCUT2D eigenvalue weighted by Crippen LogP contribution is 2.41. The third-order valence-electron chi connectivity index (χ3n) is 2.64. The Kier molecular flexibility index (Phi) is 3.52. The van der Waals surface area contributed by atoms with Crippen LogP contribution in [0.2, 0.25) is 0 Å². The quantitative estimate of drug-likeness (QED) is 0.773. The van der Waals surface area contributed by atoms with Crippen molar-refractivity contribution in [1.29, 1.82) is 0 Å². The van der Waals surface area contributed by atoms with Crippen molar-refractivity contribution < 1.29 is 4.74 Å². The molecule has 0 N–H and O–H groups in total. The molecule has 0 aliphatic heterocycles. The van der Waals surface area contributed by atoms with Gasteiger partial charge in [0.2, 0.25) is 0 Å². The number of hydrogen-bond donors (Lipinski definition) is 0.